The molecule has 4 heteroatoms. The smallest absolute Gasteiger partial charge is 0.0767 e. The summed E-state index contributed by atoms with van der Waals surface area (Å²) in [5, 5.41) is 0. The molecule has 1 aromatic rings. The molecule has 1 aromatic carbocycles. The van der Waals surface area contributed by atoms with Gasteiger partial charge in [-0.25, -0.2) is 0 Å². The van der Waals surface area contributed by atoms with Gasteiger partial charge >= 0.3 is 0 Å². The minimum absolute atomic E-state index is 0.124. The van der Waals surface area contributed by atoms with Crippen LogP contribution in [0.25, 0.3) is 0 Å². The standard InChI is InChI=1S/C14H23BrN2O/c1-4-18-14(10(2)3)13(17-16)9-11-6-5-7-12(15)8-11/h5-8,10,13-14,17H,4,9,16H2,1-3H3. The van der Waals surface area contributed by atoms with Crippen molar-refractivity contribution in [2.75, 3.05) is 6.61 Å². The van der Waals surface area contributed by atoms with Gasteiger partial charge in [0.15, 0.2) is 0 Å². The molecule has 1 rings (SSSR count). The summed E-state index contributed by atoms with van der Waals surface area (Å²) in [5.74, 6) is 6.11. The number of benzene rings is 1. The first-order valence-electron chi connectivity index (χ1n) is 6.40. The van der Waals surface area contributed by atoms with Gasteiger partial charge < -0.3 is 4.74 Å². The molecular weight excluding hydrogens is 292 g/mol. The van der Waals surface area contributed by atoms with Gasteiger partial charge in [0.2, 0.25) is 0 Å². The van der Waals surface area contributed by atoms with Crippen molar-refractivity contribution in [2.24, 2.45) is 11.8 Å². The SMILES string of the molecule is CCOC(C(C)C)C(Cc1cccc(Br)c1)NN. The molecule has 3 nitrogen and oxygen atoms in total. The highest BCUT2D eigenvalue weighted by molar-refractivity contribution is 9.10. The van der Waals surface area contributed by atoms with Gasteiger partial charge in [-0.05, 0) is 37.0 Å². The Morgan fingerprint density at radius 2 is 2.11 bits per heavy atom. The third kappa shape index (κ3) is 4.69. The van der Waals surface area contributed by atoms with Crippen molar-refractivity contribution in [1.29, 1.82) is 0 Å². The number of rotatable bonds is 7. The summed E-state index contributed by atoms with van der Waals surface area (Å²) in [7, 11) is 0. The Balaban J connectivity index is 2.76. The Hall–Kier alpha value is -0.420. The minimum Gasteiger partial charge on any atom is -0.377 e. The molecule has 18 heavy (non-hydrogen) atoms. The van der Waals surface area contributed by atoms with E-state index in [1.807, 2.05) is 19.1 Å². The summed E-state index contributed by atoms with van der Waals surface area (Å²) in [6.45, 7) is 7.04. The Bertz CT molecular complexity index is 357. The van der Waals surface area contributed by atoms with E-state index in [1.54, 1.807) is 0 Å². The van der Waals surface area contributed by atoms with Crippen LogP contribution in [-0.4, -0.2) is 18.8 Å². The molecule has 0 aliphatic rings. The maximum absolute atomic E-state index is 5.80. The van der Waals surface area contributed by atoms with Crippen LogP contribution in [0, 0.1) is 5.92 Å². The molecule has 0 fully saturated rings. The summed E-state index contributed by atoms with van der Waals surface area (Å²) in [6, 6.07) is 8.42. The molecule has 0 radical (unpaired) electrons. The molecule has 0 saturated carbocycles. The molecule has 0 aliphatic carbocycles. The highest BCUT2D eigenvalue weighted by Gasteiger charge is 2.24. The van der Waals surface area contributed by atoms with E-state index in [-0.39, 0.29) is 12.1 Å². The van der Waals surface area contributed by atoms with Gasteiger partial charge in [-0.1, -0.05) is 41.9 Å². The Labute approximate surface area is 118 Å². The number of hydrazine groups is 1. The lowest BCUT2D eigenvalue weighted by atomic mass is 9.94. The van der Waals surface area contributed by atoms with E-state index in [4.69, 9.17) is 10.6 Å². The number of hydrogen-bond acceptors (Lipinski definition) is 3. The summed E-state index contributed by atoms with van der Waals surface area (Å²) in [6.07, 6.45) is 0.984. The maximum atomic E-state index is 5.80. The zero-order chi connectivity index (χ0) is 13.5. The molecule has 2 atom stereocenters. The van der Waals surface area contributed by atoms with Crippen LogP contribution in [0.1, 0.15) is 26.3 Å². The van der Waals surface area contributed by atoms with E-state index < -0.39 is 0 Å². The molecular formula is C14H23BrN2O. The second-order valence-electron chi connectivity index (χ2n) is 4.77. The first kappa shape index (κ1) is 15.6. The van der Waals surface area contributed by atoms with Crippen LogP contribution in [0.15, 0.2) is 28.7 Å². The largest absolute Gasteiger partial charge is 0.377 e. The third-order valence-corrected chi connectivity index (χ3v) is 3.46. The molecule has 3 N–H and O–H groups in total. The molecule has 0 aromatic heterocycles. The van der Waals surface area contributed by atoms with Crippen molar-refractivity contribution in [3.63, 3.8) is 0 Å². The topological polar surface area (TPSA) is 47.3 Å². The van der Waals surface area contributed by atoms with Crippen LogP contribution in [0.4, 0.5) is 0 Å². The highest BCUT2D eigenvalue weighted by atomic mass is 79.9. The summed E-state index contributed by atoms with van der Waals surface area (Å²) in [4.78, 5) is 0. The predicted octanol–water partition coefficient (Wildman–Crippen LogP) is 2.88. The van der Waals surface area contributed by atoms with Crippen molar-refractivity contribution in [3.05, 3.63) is 34.3 Å². The van der Waals surface area contributed by atoms with E-state index in [2.05, 4.69) is 47.3 Å². The van der Waals surface area contributed by atoms with Crippen LogP contribution in [-0.2, 0) is 11.2 Å². The first-order valence-corrected chi connectivity index (χ1v) is 7.20. The number of nitrogens with two attached hydrogens (primary N) is 1. The number of ether oxygens (including phenoxy) is 1. The second kappa shape index (κ2) is 7.89. The second-order valence-corrected chi connectivity index (χ2v) is 5.69. The van der Waals surface area contributed by atoms with Crippen LogP contribution in [0.3, 0.4) is 0 Å². The molecule has 0 bridgehead atoms. The molecule has 0 aliphatic heterocycles. The van der Waals surface area contributed by atoms with Gasteiger partial charge in [0.25, 0.3) is 0 Å². The lowest BCUT2D eigenvalue weighted by Gasteiger charge is -2.29. The van der Waals surface area contributed by atoms with Crippen LogP contribution < -0.4 is 11.3 Å². The first-order chi connectivity index (χ1) is 8.58. The van der Waals surface area contributed by atoms with Crippen molar-refractivity contribution < 1.29 is 4.74 Å². The molecule has 0 saturated heterocycles. The molecule has 102 valence electrons. The molecule has 0 amide bonds. The Morgan fingerprint density at radius 1 is 1.39 bits per heavy atom. The van der Waals surface area contributed by atoms with E-state index in [9.17, 15) is 0 Å². The number of hydrogen-bond donors (Lipinski definition) is 2. The zero-order valence-electron chi connectivity index (χ0n) is 11.3. The minimum atomic E-state index is 0.124. The summed E-state index contributed by atoms with van der Waals surface area (Å²) < 4.78 is 6.90. The highest BCUT2D eigenvalue weighted by Crippen LogP contribution is 2.18. The summed E-state index contributed by atoms with van der Waals surface area (Å²) >= 11 is 3.49. The van der Waals surface area contributed by atoms with Crippen molar-refractivity contribution in [3.8, 4) is 0 Å². The zero-order valence-corrected chi connectivity index (χ0v) is 12.9. The van der Waals surface area contributed by atoms with Gasteiger partial charge in [-0.2, -0.15) is 0 Å². The molecule has 0 heterocycles. The fourth-order valence-electron chi connectivity index (χ4n) is 2.15. The Kier molecular flexibility index (Phi) is 6.86. The average molecular weight is 315 g/mol. The normalized spacial score (nSPS) is 14.8. The van der Waals surface area contributed by atoms with Crippen LogP contribution >= 0.6 is 15.9 Å². The fraction of sp³-hybridized carbons (Fsp3) is 0.571. The average Bonchev–Trinajstić information content (AvgIpc) is 2.33. The lowest BCUT2D eigenvalue weighted by molar-refractivity contribution is 0.00355. The van der Waals surface area contributed by atoms with Crippen molar-refractivity contribution in [2.45, 2.75) is 39.3 Å². The van der Waals surface area contributed by atoms with Gasteiger partial charge in [0.1, 0.15) is 0 Å². The Morgan fingerprint density at radius 3 is 2.61 bits per heavy atom. The van der Waals surface area contributed by atoms with Gasteiger partial charge in [-0.15, -0.1) is 0 Å². The van der Waals surface area contributed by atoms with E-state index in [1.165, 1.54) is 5.56 Å². The van der Waals surface area contributed by atoms with E-state index in [0.717, 1.165) is 10.9 Å². The summed E-state index contributed by atoms with van der Waals surface area (Å²) in [5.41, 5.74) is 4.14. The maximum Gasteiger partial charge on any atom is 0.0767 e. The van der Waals surface area contributed by atoms with Gasteiger partial charge in [0.05, 0.1) is 12.1 Å². The van der Waals surface area contributed by atoms with E-state index >= 15 is 0 Å². The fourth-order valence-corrected chi connectivity index (χ4v) is 2.60. The predicted molar refractivity (Wildman–Crippen MR) is 79.2 cm³/mol. The lowest BCUT2D eigenvalue weighted by Crippen LogP contribution is -2.48. The van der Waals surface area contributed by atoms with Crippen LogP contribution in [0.2, 0.25) is 0 Å². The van der Waals surface area contributed by atoms with E-state index in [0.29, 0.717) is 12.5 Å². The van der Waals surface area contributed by atoms with Crippen molar-refractivity contribution >= 4 is 15.9 Å². The molecule has 0 spiro atoms. The monoisotopic (exact) mass is 314 g/mol. The third-order valence-electron chi connectivity index (χ3n) is 2.97. The number of nitrogens with one attached hydrogen (secondary N) is 1. The number of halogens is 1. The molecule has 2 unspecified atom stereocenters. The van der Waals surface area contributed by atoms with Gasteiger partial charge in [0, 0.05) is 11.1 Å². The van der Waals surface area contributed by atoms with Gasteiger partial charge in [-0.3, -0.25) is 11.3 Å². The van der Waals surface area contributed by atoms with Crippen LogP contribution in [0.5, 0.6) is 0 Å². The van der Waals surface area contributed by atoms with Crippen molar-refractivity contribution in [1.82, 2.24) is 5.43 Å². The quantitative estimate of drug-likeness (QED) is 0.601.